The number of hydrogen-bond donors (Lipinski definition) is 3. The Morgan fingerprint density at radius 3 is 2.29 bits per heavy atom. The molecular formula is C24H44O4. The molecule has 0 amide bonds. The molecule has 1 aliphatic carbocycles. The average molecular weight is 397 g/mol. The standard InChI is InChI=1S/C24H44O4/c1-5-6-18-23(2,3)21(24(4,27)28)17-16-20-14-11-13-19(20)12-9-7-8-10-15-22(25)26/h10,15,19-21,27-28H,5-9,11-14,16-18H2,1-4H3,(H,25,26)/t19-,20+,21?/m0/s1. The van der Waals surface area contributed by atoms with Crippen LogP contribution in [0.15, 0.2) is 12.2 Å². The van der Waals surface area contributed by atoms with E-state index in [0.29, 0.717) is 5.92 Å². The zero-order valence-electron chi connectivity index (χ0n) is 18.6. The zero-order valence-corrected chi connectivity index (χ0v) is 18.6. The molecule has 0 spiro atoms. The minimum Gasteiger partial charge on any atom is -0.478 e. The predicted molar refractivity (Wildman–Crippen MR) is 115 cm³/mol. The van der Waals surface area contributed by atoms with Crippen molar-refractivity contribution < 1.29 is 20.1 Å². The van der Waals surface area contributed by atoms with Gasteiger partial charge in [-0.1, -0.05) is 71.8 Å². The van der Waals surface area contributed by atoms with Gasteiger partial charge in [-0.15, -0.1) is 0 Å². The van der Waals surface area contributed by atoms with Crippen LogP contribution < -0.4 is 0 Å². The summed E-state index contributed by atoms with van der Waals surface area (Å²) in [5.41, 5.74) is -0.0706. The number of aliphatic carboxylic acids is 1. The minimum absolute atomic E-state index is 0.0706. The molecule has 1 aliphatic rings. The van der Waals surface area contributed by atoms with Crippen LogP contribution in [0.2, 0.25) is 0 Å². The maximum absolute atomic E-state index is 10.5. The summed E-state index contributed by atoms with van der Waals surface area (Å²) in [5.74, 6) is -1.16. The second-order valence-electron chi connectivity index (χ2n) is 9.79. The highest BCUT2D eigenvalue weighted by atomic mass is 16.5. The summed E-state index contributed by atoms with van der Waals surface area (Å²) >= 11 is 0. The molecule has 164 valence electrons. The van der Waals surface area contributed by atoms with Crippen molar-refractivity contribution in [3.05, 3.63) is 12.2 Å². The third kappa shape index (κ3) is 9.09. The summed E-state index contributed by atoms with van der Waals surface area (Å²) in [6, 6.07) is 0. The zero-order chi connectivity index (χ0) is 21.2. The highest BCUT2D eigenvalue weighted by Crippen LogP contribution is 2.45. The van der Waals surface area contributed by atoms with Gasteiger partial charge in [0.15, 0.2) is 5.79 Å². The van der Waals surface area contributed by atoms with E-state index in [1.54, 1.807) is 13.0 Å². The van der Waals surface area contributed by atoms with Gasteiger partial charge in [-0.2, -0.15) is 0 Å². The number of carbonyl (C=O) groups is 1. The molecule has 0 aliphatic heterocycles. The second-order valence-corrected chi connectivity index (χ2v) is 9.79. The largest absolute Gasteiger partial charge is 0.478 e. The lowest BCUT2D eigenvalue weighted by molar-refractivity contribution is -0.214. The van der Waals surface area contributed by atoms with Gasteiger partial charge in [0.05, 0.1) is 0 Å². The first-order valence-corrected chi connectivity index (χ1v) is 11.4. The van der Waals surface area contributed by atoms with E-state index in [-0.39, 0.29) is 11.3 Å². The molecule has 3 N–H and O–H groups in total. The van der Waals surface area contributed by atoms with Crippen LogP contribution in [0.1, 0.15) is 105 Å². The van der Waals surface area contributed by atoms with Gasteiger partial charge in [-0.3, -0.25) is 0 Å². The number of allylic oxidation sites excluding steroid dienone is 1. The summed E-state index contributed by atoms with van der Waals surface area (Å²) in [5, 5.41) is 29.5. The van der Waals surface area contributed by atoms with Crippen LogP contribution in [0.4, 0.5) is 0 Å². The number of unbranched alkanes of at least 4 members (excludes halogenated alkanes) is 3. The van der Waals surface area contributed by atoms with E-state index in [4.69, 9.17) is 5.11 Å². The number of carboxylic acids is 1. The van der Waals surface area contributed by atoms with Gasteiger partial charge in [0.2, 0.25) is 0 Å². The fourth-order valence-corrected chi connectivity index (χ4v) is 5.32. The van der Waals surface area contributed by atoms with Crippen LogP contribution in [0.5, 0.6) is 0 Å². The SMILES string of the molecule is CCCCC(C)(C)C(CC[C@H]1CCC[C@@H]1CCCCC=CC(=O)O)C(C)(O)O. The fraction of sp³-hybridized carbons (Fsp3) is 0.875. The van der Waals surface area contributed by atoms with Gasteiger partial charge in [-0.25, -0.2) is 4.79 Å². The Morgan fingerprint density at radius 2 is 1.71 bits per heavy atom. The Kier molecular flexibility index (Phi) is 10.8. The van der Waals surface area contributed by atoms with Crippen LogP contribution in [0.3, 0.4) is 0 Å². The van der Waals surface area contributed by atoms with Gasteiger partial charge in [-0.05, 0) is 56.3 Å². The first kappa shape index (κ1) is 25.2. The van der Waals surface area contributed by atoms with Crippen LogP contribution in [0.25, 0.3) is 0 Å². The Labute approximate surface area is 172 Å². The van der Waals surface area contributed by atoms with Crippen molar-refractivity contribution in [3.63, 3.8) is 0 Å². The van der Waals surface area contributed by atoms with Crippen molar-refractivity contribution in [2.24, 2.45) is 23.2 Å². The quantitative estimate of drug-likeness (QED) is 0.193. The second kappa shape index (κ2) is 12.0. The molecule has 0 bridgehead atoms. The van der Waals surface area contributed by atoms with Crippen molar-refractivity contribution in [3.8, 4) is 0 Å². The fourth-order valence-electron chi connectivity index (χ4n) is 5.32. The van der Waals surface area contributed by atoms with Crippen molar-refractivity contribution in [1.82, 2.24) is 0 Å². The number of carboxylic acid groups (broad SMARTS) is 1. The van der Waals surface area contributed by atoms with E-state index in [1.807, 2.05) is 0 Å². The molecule has 4 nitrogen and oxygen atoms in total. The molecule has 1 unspecified atom stereocenters. The molecule has 0 heterocycles. The predicted octanol–water partition coefficient (Wildman–Crippen LogP) is 5.92. The molecule has 0 aromatic carbocycles. The molecule has 1 fully saturated rings. The summed E-state index contributed by atoms with van der Waals surface area (Å²) in [6.45, 7) is 8.12. The summed E-state index contributed by atoms with van der Waals surface area (Å²) in [6.07, 6.45) is 16.3. The maximum Gasteiger partial charge on any atom is 0.327 e. The van der Waals surface area contributed by atoms with E-state index in [1.165, 1.54) is 31.8 Å². The minimum atomic E-state index is -1.62. The van der Waals surface area contributed by atoms with Gasteiger partial charge in [0.1, 0.15) is 0 Å². The van der Waals surface area contributed by atoms with E-state index in [2.05, 4.69) is 20.8 Å². The molecule has 0 radical (unpaired) electrons. The highest BCUT2D eigenvalue weighted by Gasteiger charge is 2.41. The van der Waals surface area contributed by atoms with E-state index < -0.39 is 11.8 Å². The van der Waals surface area contributed by atoms with Crippen molar-refractivity contribution in [2.45, 2.75) is 111 Å². The van der Waals surface area contributed by atoms with Gasteiger partial charge < -0.3 is 15.3 Å². The highest BCUT2D eigenvalue weighted by molar-refractivity contribution is 5.79. The first-order chi connectivity index (χ1) is 13.1. The molecular weight excluding hydrogens is 352 g/mol. The average Bonchev–Trinajstić information content (AvgIpc) is 3.02. The first-order valence-electron chi connectivity index (χ1n) is 11.4. The normalized spacial score (nSPS) is 22.1. The summed E-state index contributed by atoms with van der Waals surface area (Å²) < 4.78 is 0. The van der Waals surface area contributed by atoms with E-state index >= 15 is 0 Å². The smallest absolute Gasteiger partial charge is 0.327 e. The van der Waals surface area contributed by atoms with E-state index in [9.17, 15) is 15.0 Å². The molecule has 1 rings (SSSR count). The Morgan fingerprint density at radius 1 is 1.07 bits per heavy atom. The van der Waals surface area contributed by atoms with Crippen molar-refractivity contribution >= 4 is 5.97 Å². The molecule has 3 atom stereocenters. The lowest BCUT2D eigenvalue weighted by atomic mass is 9.68. The summed E-state index contributed by atoms with van der Waals surface area (Å²) in [4.78, 5) is 10.5. The Hall–Kier alpha value is -0.870. The van der Waals surface area contributed by atoms with E-state index in [0.717, 1.165) is 57.3 Å². The van der Waals surface area contributed by atoms with Gasteiger partial charge in [0.25, 0.3) is 0 Å². The molecule has 4 heteroatoms. The van der Waals surface area contributed by atoms with Gasteiger partial charge in [0, 0.05) is 12.0 Å². The molecule has 1 saturated carbocycles. The summed E-state index contributed by atoms with van der Waals surface area (Å²) in [7, 11) is 0. The lowest BCUT2D eigenvalue weighted by Gasteiger charge is -2.41. The molecule has 0 saturated heterocycles. The number of aliphatic hydroxyl groups is 2. The Bertz CT molecular complexity index is 475. The van der Waals surface area contributed by atoms with Crippen LogP contribution in [-0.2, 0) is 4.79 Å². The third-order valence-electron chi connectivity index (χ3n) is 6.88. The number of hydrogen-bond acceptors (Lipinski definition) is 3. The van der Waals surface area contributed by atoms with Crippen LogP contribution >= 0.6 is 0 Å². The van der Waals surface area contributed by atoms with Crippen LogP contribution in [0, 0.1) is 23.2 Å². The van der Waals surface area contributed by atoms with Crippen molar-refractivity contribution in [1.29, 1.82) is 0 Å². The maximum atomic E-state index is 10.5. The Balaban J connectivity index is 2.51. The molecule has 0 aromatic heterocycles. The molecule has 0 aromatic rings. The van der Waals surface area contributed by atoms with Gasteiger partial charge >= 0.3 is 5.97 Å². The molecule has 28 heavy (non-hydrogen) atoms. The topological polar surface area (TPSA) is 77.8 Å². The monoisotopic (exact) mass is 396 g/mol. The van der Waals surface area contributed by atoms with Crippen LogP contribution in [-0.4, -0.2) is 27.1 Å². The third-order valence-corrected chi connectivity index (χ3v) is 6.88. The lowest BCUT2D eigenvalue weighted by Crippen LogP contribution is -2.43. The number of rotatable bonds is 14. The van der Waals surface area contributed by atoms with Crippen molar-refractivity contribution in [2.75, 3.05) is 0 Å².